The smallest absolute Gasteiger partial charge is 0.0977 e. The summed E-state index contributed by atoms with van der Waals surface area (Å²) < 4.78 is 0.971. The van der Waals surface area contributed by atoms with Gasteiger partial charge in [-0.3, -0.25) is 5.43 Å². The van der Waals surface area contributed by atoms with Crippen LogP contribution in [-0.2, 0) is 0 Å². The number of nitrogens with one attached hydrogen (secondary N) is 1. The maximum atomic E-state index is 11.2. The summed E-state index contributed by atoms with van der Waals surface area (Å²) in [6.45, 7) is 0. The van der Waals surface area contributed by atoms with Gasteiger partial charge >= 0.3 is 0 Å². The lowest BCUT2D eigenvalue weighted by molar-refractivity contribution is -0.254. The molecule has 0 unspecified atom stereocenters. The van der Waals surface area contributed by atoms with Crippen molar-refractivity contribution >= 4 is 33.3 Å². The van der Waals surface area contributed by atoms with Crippen LogP contribution in [0.1, 0.15) is 21.5 Å². The third-order valence-electron chi connectivity index (χ3n) is 3.60. The van der Waals surface area contributed by atoms with E-state index in [1.807, 2.05) is 54.6 Å². The van der Waals surface area contributed by atoms with Crippen molar-refractivity contribution in [2.75, 3.05) is 5.43 Å². The molecule has 0 saturated carbocycles. The van der Waals surface area contributed by atoms with Crippen molar-refractivity contribution < 1.29 is 9.90 Å². The molecule has 0 amide bonds. The van der Waals surface area contributed by atoms with Crippen molar-refractivity contribution in [3.63, 3.8) is 0 Å². The van der Waals surface area contributed by atoms with Crippen molar-refractivity contribution in [1.29, 1.82) is 0 Å². The maximum Gasteiger partial charge on any atom is 0.0977 e. The van der Waals surface area contributed by atoms with Crippen molar-refractivity contribution in [2.45, 2.75) is 0 Å². The number of carboxylic acid groups (broad SMARTS) is 1. The monoisotopic (exact) mass is 393 g/mol. The highest BCUT2D eigenvalue weighted by molar-refractivity contribution is 9.10. The Labute approximate surface area is 154 Å². The van der Waals surface area contributed by atoms with Crippen LogP contribution >= 0.6 is 15.9 Å². The molecule has 0 fully saturated rings. The number of benzene rings is 3. The highest BCUT2D eigenvalue weighted by Gasteiger charge is 2.08. The van der Waals surface area contributed by atoms with Crippen LogP contribution in [-0.4, -0.2) is 11.7 Å². The van der Waals surface area contributed by atoms with E-state index in [9.17, 15) is 9.90 Å². The zero-order valence-electron chi connectivity index (χ0n) is 13.1. The van der Waals surface area contributed by atoms with E-state index in [4.69, 9.17) is 0 Å². The molecule has 124 valence electrons. The molecule has 3 aromatic rings. The molecule has 5 heteroatoms. The zero-order valence-corrected chi connectivity index (χ0v) is 14.7. The minimum atomic E-state index is -1.25. The van der Waals surface area contributed by atoms with Crippen molar-refractivity contribution in [3.05, 3.63) is 100 Å². The molecule has 0 spiro atoms. The Morgan fingerprint density at radius 3 is 2.12 bits per heavy atom. The molecule has 3 rings (SSSR count). The van der Waals surface area contributed by atoms with E-state index in [1.165, 1.54) is 6.07 Å². The van der Waals surface area contributed by atoms with Crippen molar-refractivity contribution in [2.24, 2.45) is 5.10 Å². The van der Waals surface area contributed by atoms with Gasteiger partial charge in [-0.1, -0.05) is 76.6 Å². The predicted octanol–water partition coefficient (Wildman–Crippen LogP) is 3.68. The fourth-order valence-electron chi connectivity index (χ4n) is 2.37. The van der Waals surface area contributed by atoms with E-state index < -0.39 is 5.97 Å². The van der Waals surface area contributed by atoms with E-state index in [-0.39, 0.29) is 5.56 Å². The second kappa shape index (κ2) is 7.77. The molecular formula is C20H14BrN2O2-. The summed E-state index contributed by atoms with van der Waals surface area (Å²) in [4.78, 5) is 11.2. The summed E-state index contributed by atoms with van der Waals surface area (Å²) in [6, 6.07) is 24.0. The Kier molecular flexibility index (Phi) is 5.26. The Balaban J connectivity index is 2.02. The normalized spacial score (nSPS) is 11.2. The van der Waals surface area contributed by atoms with Gasteiger partial charge < -0.3 is 9.90 Å². The van der Waals surface area contributed by atoms with Gasteiger partial charge in [-0.2, -0.15) is 5.10 Å². The average Bonchev–Trinajstić information content (AvgIpc) is 2.64. The average molecular weight is 394 g/mol. The molecule has 0 atom stereocenters. The van der Waals surface area contributed by atoms with Crippen LogP contribution in [0.15, 0.2) is 88.4 Å². The third kappa shape index (κ3) is 4.14. The minimum absolute atomic E-state index is 0.0643. The highest BCUT2D eigenvalue weighted by atomic mass is 79.9. The van der Waals surface area contributed by atoms with E-state index in [0.29, 0.717) is 11.4 Å². The van der Waals surface area contributed by atoms with Gasteiger partial charge in [0, 0.05) is 21.2 Å². The van der Waals surface area contributed by atoms with E-state index in [1.54, 1.807) is 18.2 Å². The number of carboxylic acids is 1. The number of hydrazone groups is 1. The molecule has 0 aliphatic heterocycles. The van der Waals surface area contributed by atoms with Crippen LogP contribution in [0.2, 0.25) is 0 Å². The maximum absolute atomic E-state index is 11.2. The van der Waals surface area contributed by atoms with Gasteiger partial charge in [0.1, 0.15) is 0 Å². The van der Waals surface area contributed by atoms with Crippen molar-refractivity contribution in [1.82, 2.24) is 0 Å². The standard InChI is InChI=1S/C20H15BrN2O2/c21-16-12-10-15(11-13-16)19(14-6-2-1-3-7-14)23-22-18-9-5-4-8-17(18)20(24)25/h1-13,22H,(H,24,25)/p-1/b23-19+. The molecule has 3 aromatic carbocycles. The number of carbonyl (C=O) groups excluding carboxylic acids is 1. The Hall–Kier alpha value is -2.92. The van der Waals surface area contributed by atoms with Crippen LogP contribution < -0.4 is 10.5 Å². The molecule has 0 aliphatic rings. The first kappa shape index (κ1) is 16.9. The summed E-state index contributed by atoms with van der Waals surface area (Å²) in [5.41, 5.74) is 5.85. The molecule has 0 aliphatic carbocycles. The number of anilines is 1. The second-order valence-corrected chi connectivity index (χ2v) is 6.19. The Bertz CT molecular complexity index is 906. The van der Waals surface area contributed by atoms with Crippen LogP contribution in [0.3, 0.4) is 0 Å². The second-order valence-electron chi connectivity index (χ2n) is 5.28. The summed E-state index contributed by atoms with van der Waals surface area (Å²) in [5.74, 6) is -1.25. The first-order chi connectivity index (χ1) is 12.1. The number of halogens is 1. The molecular weight excluding hydrogens is 380 g/mol. The minimum Gasteiger partial charge on any atom is -0.545 e. The summed E-state index contributed by atoms with van der Waals surface area (Å²) in [6.07, 6.45) is 0. The molecule has 0 aromatic heterocycles. The largest absolute Gasteiger partial charge is 0.545 e. The Morgan fingerprint density at radius 1 is 0.840 bits per heavy atom. The zero-order chi connectivity index (χ0) is 17.6. The SMILES string of the molecule is O=C([O-])c1ccccc1N/N=C(\c1ccccc1)c1ccc(Br)cc1. The van der Waals surface area contributed by atoms with Crippen LogP contribution in [0.5, 0.6) is 0 Å². The highest BCUT2D eigenvalue weighted by Crippen LogP contribution is 2.18. The lowest BCUT2D eigenvalue weighted by Crippen LogP contribution is -2.23. The number of hydrogen-bond donors (Lipinski definition) is 1. The van der Waals surface area contributed by atoms with Gasteiger partial charge in [0.05, 0.1) is 17.4 Å². The summed E-state index contributed by atoms with van der Waals surface area (Å²) in [5, 5.41) is 15.7. The topological polar surface area (TPSA) is 64.5 Å². The number of para-hydroxylation sites is 1. The lowest BCUT2D eigenvalue weighted by Gasteiger charge is -2.12. The Morgan fingerprint density at radius 2 is 1.44 bits per heavy atom. The first-order valence-electron chi connectivity index (χ1n) is 7.60. The molecule has 1 N–H and O–H groups in total. The molecule has 25 heavy (non-hydrogen) atoms. The van der Waals surface area contributed by atoms with Gasteiger partial charge in [-0.25, -0.2) is 0 Å². The fraction of sp³-hybridized carbons (Fsp3) is 0. The van der Waals surface area contributed by atoms with Gasteiger partial charge in [-0.15, -0.1) is 0 Å². The van der Waals surface area contributed by atoms with E-state index in [0.717, 1.165) is 15.6 Å². The quantitative estimate of drug-likeness (QED) is 0.531. The third-order valence-corrected chi connectivity index (χ3v) is 4.13. The van der Waals surface area contributed by atoms with Gasteiger partial charge in [0.2, 0.25) is 0 Å². The molecule has 0 heterocycles. The summed E-state index contributed by atoms with van der Waals surface area (Å²) in [7, 11) is 0. The number of rotatable bonds is 5. The predicted molar refractivity (Wildman–Crippen MR) is 101 cm³/mol. The van der Waals surface area contributed by atoms with Crippen LogP contribution in [0.4, 0.5) is 5.69 Å². The lowest BCUT2D eigenvalue weighted by atomic mass is 10.0. The number of hydrogen-bond acceptors (Lipinski definition) is 4. The van der Waals surface area contributed by atoms with E-state index in [2.05, 4.69) is 26.5 Å². The van der Waals surface area contributed by atoms with Gasteiger partial charge in [-0.05, 0) is 18.2 Å². The molecule has 0 saturated heterocycles. The van der Waals surface area contributed by atoms with Crippen LogP contribution in [0, 0.1) is 0 Å². The molecule has 0 bridgehead atoms. The summed E-state index contributed by atoms with van der Waals surface area (Å²) >= 11 is 3.42. The number of carbonyl (C=O) groups is 1. The number of nitrogens with zero attached hydrogens (tertiary/aromatic N) is 1. The molecule has 4 nitrogen and oxygen atoms in total. The van der Waals surface area contributed by atoms with Gasteiger partial charge in [0.15, 0.2) is 0 Å². The number of aromatic carboxylic acids is 1. The van der Waals surface area contributed by atoms with Crippen LogP contribution in [0.25, 0.3) is 0 Å². The van der Waals surface area contributed by atoms with Gasteiger partial charge in [0.25, 0.3) is 0 Å². The first-order valence-corrected chi connectivity index (χ1v) is 8.40. The molecule has 0 radical (unpaired) electrons. The van der Waals surface area contributed by atoms with Crippen molar-refractivity contribution in [3.8, 4) is 0 Å². The fourth-order valence-corrected chi connectivity index (χ4v) is 2.64. The van der Waals surface area contributed by atoms with E-state index >= 15 is 0 Å².